The maximum Gasteiger partial charge on any atom is 0.319 e. The summed E-state index contributed by atoms with van der Waals surface area (Å²) in [5.74, 6) is -0.0178. The lowest BCUT2D eigenvalue weighted by atomic mass is 10.3. The highest BCUT2D eigenvalue weighted by Gasteiger charge is 2.18. The molecule has 108 valence electrons. The molecule has 1 aliphatic rings. The largest absolute Gasteiger partial charge is 0.341 e. The van der Waals surface area contributed by atoms with Crippen LogP contribution in [0, 0.1) is 0 Å². The molecule has 0 radical (unpaired) electrons. The highest BCUT2D eigenvalue weighted by Crippen LogP contribution is 2.24. The van der Waals surface area contributed by atoms with Gasteiger partial charge in [-0.2, -0.15) is 0 Å². The molecule has 2 rings (SSSR count). The van der Waals surface area contributed by atoms with Gasteiger partial charge in [0.05, 0.1) is 12.2 Å². The minimum atomic E-state index is -0.348. The predicted octanol–water partition coefficient (Wildman–Crippen LogP) is 2.15. The summed E-state index contributed by atoms with van der Waals surface area (Å²) >= 11 is 1.56. The smallest absolute Gasteiger partial charge is 0.319 e. The number of para-hydroxylation sites is 1. The molecule has 1 saturated heterocycles. The van der Waals surface area contributed by atoms with Crippen molar-refractivity contribution in [3.63, 3.8) is 0 Å². The molecule has 5 nitrogen and oxygen atoms in total. The first-order chi connectivity index (χ1) is 9.70. The molecule has 0 aliphatic carbocycles. The van der Waals surface area contributed by atoms with Gasteiger partial charge in [-0.3, -0.25) is 4.79 Å². The van der Waals surface area contributed by atoms with Crippen molar-refractivity contribution in [3.8, 4) is 0 Å². The molecule has 0 saturated carbocycles. The monoisotopic (exact) mass is 293 g/mol. The SMILES string of the molecule is CSc1ccccc1NC(=O)NCC(=O)N1CCCC1. The van der Waals surface area contributed by atoms with Crippen molar-refractivity contribution in [1.82, 2.24) is 10.2 Å². The molecular formula is C14H19N3O2S. The van der Waals surface area contributed by atoms with Gasteiger partial charge in [0, 0.05) is 18.0 Å². The first-order valence-corrected chi connectivity index (χ1v) is 7.89. The molecule has 0 spiro atoms. The molecular weight excluding hydrogens is 274 g/mol. The van der Waals surface area contributed by atoms with E-state index in [0.717, 1.165) is 36.5 Å². The Bertz CT molecular complexity index is 487. The Hall–Kier alpha value is -1.69. The van der Waals surface area contributed by atoms with Gasteiger partial charge in [-0.1, -0.05) is 12.1 Å². The number of amides is 3. The van der Waals surface area contributed by atoms with E-state index in [4.69, 9.17) is 0 Å². The van der Waals surface area contributed by atoms with E-state index < -0.39 is 0 Å². The second-order valence-electron chi connectivity index (χ2n) is 4.60. The molecule has 1 aromatic rings. The summed E-state index contributed by atoms with van der Waals surface area (Å²) in [6.45, 7) is 1.65. The maximum atomic E-state index is 11.8. The number of likely N-dealkylation sites (tertiary alicyclic amines) is 1. The molecule has 0 bridgehead atoms. The summed E-state index contributed by atoms with van der Waals surface area (Å²) in [5.41, 5.74) is 0.756. The molecule has 0 aromatic heterocycles. The van der Waals surface area contributed by atoms with Gasteiger partial charge >= 0.3 is 6.03 Å². The highest BCUT2D eigenvalue weighted by molar-refractivity contribution is 7.98. The number of carbonyl (C=O) groups is 2. The molecule has 6 heteroatoms. The number of thioether (sulfide) groups is 1. The maximum absolute atomic E-state index is 11.8. The minimum absolute atomic E-state index is 0.0178. The zero-order valence-corrected chi connectivity index (χ0v) is 12.3. The van der Waals surface area contributed by atoms with Crippen molar-refractivity contribution in [3.05, 3.63) is 24.3 Å². The lowest BCUT2D eigenvalue weighted by Gasteiger charge is -2.16. The summed E-state index contributed by atoms with van der Waals surface area (Å²) in [5, 5.41) is 5.37. The van der Waals surface area contributed by atoms with E-state index >= 15 is 0 Å². The van der Waals surface area contributed by atoms with E-state index in [1.807, 2.05) is 30.5 Å². The molecule has 0 unspecified atom stereocenters. The van der Waals surface area contributed by atoms with Crippen LogP contribution in [-0.4, -0.2) is 42.7 Å². The quantitative estimate of drug-likeness (QED) is 0.836. The standard InChI is InChI=1S/C14H19N3O2S/c1-20-12-7-3-2-6-11(12)16-14(19)15-10-13(18)17-8-4-5-9-17/h2-3,6-7H,4-5,8-10H2,1H3,(H2,15,16,19). The van der Waals surface area contributed by atoms with Gasteiger partial charge < -0.3 is 15.5 Å². The fourth-order valence-corrected chi connectivity index (χ4v) is 2.70. The first kappa shape index (κ1) is 14.7. The fourth-order valence-electron chi connectivity index (χ4n) is 2.15. The lowest BCUT2D eigenvalue weighted by Crippen LogP contribution is -2.40. The topological polar surface area (TPSA) is 61.4 Å². The number of anilines is 1. The Kier molecular flexibility index (Phi) is 5.29. The van der Waals surface area contributed by atoms with Crippen molar-refractivity contribution in [2.24, 2.45) is 0 Å². The Morgan fingerprint density at radius 3 is 2.65 bits per heavy atom. The lowest BCUT2D eigenvalue weighted by molar-refractivity contribution is -0.128. The van der Waals surface area contributed by atoms with Gasteiger partial charge in [-0.15, -0.1) is 11.8 Å². The minimum Gasteiger partial charge on any atom is -0.341 e. The number of nitrogens with zero attached hydrogens (tertiary/aromatic N) is 1. The van der Waals surface area contributed by atoms with Gasteiger partial charge in [0.2, 0.25) is 5.91 Å². The molecule has 1 aromatic carbocycles. The normalized spacial score (nSPS) is 14.2. The summed E-state index contributed by atoms with van der Waals surface area (Å²) < 4.78 is 0. The number of hydrogen-bond donors (Lipinski definition) is 2. The number of hydrogen-bond acceptors (Lipinski definition) is 3. The van der Waals surface area contributed by atoms with Gasteiger partial charge in [0.15, 0.2) is 0 Å². The van der Waals surface area contributed by atoms with Crippen molar-refractivity contribution in [2.75, 3.05) is 31.2 Å². The van der Waals surface area contributed by atoms with Crippen LogP contribution in [0.25, 0.3) is 0 Å². The predicted molar refractivity (Wildman–Crippen MR) is 81.1 cm³/mol. The molecule has 1 fully saturated rings. The van der Waals surface area contributed by atoms with E-state index in [-0.39, 0.29) is 18.5 Å². The molecule has 3 amide bonds. The second kappa shape index (κ2) is 7.19. The summed E-state index contributed by atoms with van der Waals surface area (Å²) in [4.78, 5) is 26.4. The average molecular weight is 293 g/mol. The van der Waals surface area contributed by atoms with Gasteiger partial charge in [-0.05, 0) is 31.2 Å². The summed E-state index contributed by atoms with van der Waals surface area (Å²) in [6, 6.07) is 7.22. The van der Waals surface area contributed by atoms with Crippen molar-refractivity contribution < 1.29 is 9.59 Å². The third-order valence-electron chi connectivity index (χ3n) is 3.21. The van der Waals surface area contributed by atoms with Crippen molar-refractivity contribution in [1.29, 1.82) is 0 Å². The van der Waals surface area contributed by atoms with Crippen LogP contribution in [0.15, 0.2) is 29.2 Å². The molecule has 0 atom stereocenters. The van der Waals surface area contributed by atoms with E-state index in [0.29, 0.717) is 0 Å². The van der Waals surface area contributed by atoms with Crippen LogP contribution in [0.2, 0.25) is 0 Å². The number of rotatable bonds is 4. The number of carbonyl (C=O) groups excluding carboxylic acids is 2. The van der Waals surface area contributed by atoms with Crippen LogP contribution < -0.4 is 10.6 Å². The Morgan fingerprint density at radius 1 is 1.25 bits per heavy atom. The Morgan fingerprint density at radius 2 is 1.95 bits per heavy atom. The van der Waals surface area contributed by atoms with Gasteiger partial charge in [0.1, 0.15) is 0 Å². The van der Waals surface area contributed by atoms with Gasteiger partial charge in [-0.25, -0.2) is 4.79 Å². The second-order valence-corrected chi connectivity index (χ2v) is 5.44. The molecule has 2 N–H and O–H groups in total. The van der Waals surface area contributed by atoms with Crippen LogP contribution in [0.4, 0.5) is 10.5 Å². The van der Waals surface area contributed by atoms with Crippen LogP contribution in [-0.2, 0) is 4.79 Å². The van der Waals surface area contributed by atoms with Crippen LogP contribution in [0.3, 0.4) is 0 Å². The molecule has 1 heterocycles. The zero-order chi connectivity index (χ0) is 14.4. The highest BCUT2D eigenvalue weighted by atomic mass is 32.2. The average Bonchev–Trinajstić information content (AvgIpc) is 2.99. The zero-order valence-electron chi connectivity index (χ0n) is 11.5. The van der Waals surface area contributed by atoms with Crippen LogP contribution >= 0.6 is 11.8 Å². The number of nitrogens with one attached hydrogen (secondary N) is 2. The van der Waals surface area contributed by atoms with Crippen molar-refractivity contribution >= 4 is 29.4 Å². The number of benzene rings is 1. The van der Waals surface area contributed by atoms with Crippen molar-refractivity contribution in [2.45, 2.75) is 17.7 Å². The van der Waals surface area contributed by atoms with E-state index in [1.165, 1.54) is 0 Å². The first-order valence-electron chi connectivity index (χ1n) is 6.66. The third kappa shape index (κ3) is 3.90. The van der Waals surface area contributed by atoms with Crippen LogP contribution in [0.5, 0.6) is 0 Å². The summed E-state index contributed by atoms with van der Waals surface area (Å²) in [6.07, 6.45) is 4.06. The van der Waals surface area contributed by atoms with Crippen LogP contribution in [0.1, 0.15) is 12.8 Å². The third-order valence-corrected chi connectivity index (χ3v) is 4.01. The number of urea groups is 1. The van der Waals surface area contributed by atoms with Gasteiger partial charge in [0.25, 0.3) is 0 Å². The fraction of sp³-hybridized carbons (Fsp3) is 0.429. The van der Waals surface area contributed by atoms with E-state index in [2.05, 4.69) is 10.6 Å². The van der Waals surface area contributed by atoms with E-state index in [9.17, 15) is 9.59 Å². The van der Waals surface area contributed by atoms with E-state index in [1.54, 1.807) is 16.7 Å². The molecule has 20 heavy (non-hydrogen) atoms. The summed E-state index contributed by atoms with van der Waals surface area (Å²) in [7, 11) is 0. The Balaban J connectivity index is 1.81. The molecule has 1 aliphatic heterocycles. The Labute approximate surface area is 123 Å².